The van der Waals surface area contributed by atoms with Gasteiger partial charge in [0, 0.05) is 12.1 Å². The summed E-state index contributed by atoms with van der Waals surface area (Å²) in [4.78, 5) is 32.4. The lowest BCUT2D eigenvalue weighted by Crippen LogP contribution is -2.09. The van der Waals surface area contributed by atoms with E-state index < -0.39 is 39.4 Å². The van der Waals surface area contributed by atoms with Gasteiger partial charge in [-0.2, -0.15) is 0 Å². The average Bonchev–Trinajstić information content (AvgIpc) is 2.36. The van der Waals surface area contributed by atoms with Gasteiger partial charge >= 0.3 is 11.9 Å². The Bertz CT molecular complexity index is 523. The molecular weight excluding hydrogens is 246 g/mol. The van der Waals surface area contributed by atoms with Crippen molar-refractivity contribution < 1.29 is 29.1 Å². The van der Waals surface area contributed by atoms with E-state index in [2.05, 4.69) is 9.47 Å². The smallest absolute Gasteiger partial charge is 0.345 e. The van der Waals surface area contributed by atoms with Crippen LogP contribution in [0, 0.1) is 10.1 Å². The number of methoxy groups -OCH3 is 2. The number of phenolic OH excluding ortho intramolecular Hbond substituents is 1. The third kappa shape index (κ3) is 2.37. The molecule has 0 aromatic heterocycles. The summed E-state index contributed by atoms with van der Waals surface area (Å²) in [6.07, 6.45) is 0. The largest absolute Gasteiger partial charge is 0.507 e. The van der Waals surface area contributed by atoms with Gasteiger partial charge in [-0.1, -0.05) is 0 Å². The monoisotopic (exact) mass is 255 g/mol. The minimum absolute atomic E-state index is 0.406. The van der Waals surface area contributed by atoms with E-state index in [9.17, 15) is 24.8 Å². The van der Waals surface area contributed by atoms with Crippen molar-refractivity contribution in [2.75, 3.05) is 14.2 Å². The molecule has 0 unspecified atom stereocenters. The Morgan fingerprint density at radius 3 is 2.11 bits per heavy atom. The highest BCUT2D eigenvalue weighted by atomic mass is 16.6. The van der Waals surface area contributed by atoms with Gasteiger partial charge in [-0.3, -0.25) is 10.1 Å². The zero-order valence-corrected chi connectivity index (χ0v) is 9.50. The van der Waals surface area contributed by atoms with Gasteiger partial charge in [0.15, 0.2) is 0 Å². The molecule has 0 saturated heterocycles. The molecule has 0 radical (unpaired) electrons. The van der Waals surface area contributed by atoms with Crippen molar-refractivity contribution in [1.29, 1.82) is 0 Å². The van der Waals surface area contributed by atoms with Crippen LogP contribution in [-0.2, 0) is 9.47 Å². The highest BCUT2D eigenvalue weighted by molar-refractivity contribution is 5.99. The summed E-state index contributed by atoms with van der Waals surface area (Å²) in [5.41, 5.74) is -1.51. The molecule has 18 heavy (non-hydrogen) atoms. The first kappa shape index (κ1) is 13.4. The summed E-state index contributed by atoms with van der Waals surface area (Å²) in [6, 6.07) is 1.55. The highest BCUT2D eigenvalue weighted by Crippen LogP contribution is 2.29. The molecule has 0 saturated carbocycles. The van der Waals surface area contributed by atoms with Crippen LogP contribution in [0.3, 0.4) is 0 Å². The summed E-state index contributed by atoms with van der Waals surface area (Å²) < 4.78 is 8.68. The predicted octanol–water partition coefficient (Wildman–Crippen LogP) is 0.874. The second kappa shape index (κ2) is 5.13. The Hall–Kier alpha value is -2.64. The SMILES string of the molecule is COC(=O)c1cc([N+](=O)[O-])c(C(=O)OC)cc1O. The van der Waals surface area contributed by atoms with E-state index in [0.29, 0.717) is 0 Å². The molecule has 0 heterocycles. The molecule has 1 aromatic carbocycles. The number of hydrogen-bond donors (Lipinski definition) is 1. The molecule has 0 fully saturated rings. The molecule has 0 bridgehead atoms. The Kier molecular flexibility index (Phi) is 3.82. The molecule has 0 spiro atoms. The number of nitro benzene ring substituents is 1. The fourth-order valence-corrected chi connectivity index (χ4v) is 1.27. The molecule has 1 aromatic rings. The Balaban J connectivity index is 3.48. The molecule has 0 aliphatic rings. The fourth-order valence-electron chi connectivity index (χ4n) is 1.27. The van der Waals surface area contributed by atoms with Gasteiger partial charge in [0.1, 0.15) is 16.9 Å². The minimum atomic E-state index is -0.992. The van der Waals surface area contributed by atoms with Crippen molar-refractivity contribution in [1.82, 2.24) is 0 Å². The van der Waals surface area contributed by atoms with Crippen LogP contribution in [-0.4, -0.2) is 36.2 Å². The van der Waals surface area contributed by atoms with Gasteiger partial charge in [-0.05, 0) is 0 Å². The molecule has 0 amide bonds. The van der Waals surface area contributed by atoms with E-state index in [-0.39, 0.29) is 0 Å². The second-order valence-electron chi connectivity index (χ2n) is 3.13. The second-order valence-corrected chi connectivity index (χ2v) is 3.13. The van der Waals surface area contributed by atoms with Gasteiger partial charge in [0.2, 0.25) is 0 Å². The third-order valence-electron chi connectivity index (χ3n) is 2.12. The van der Waals surface area contributed by atoms with Crippen LogP contribution >= 0.6 is 0 Å². The Morgan fingerprint density at radius 1 is 1.17 bits per heavy atom. The highest BCUT2D eigenvalue weighted by Gasteiger charge is 2.26. The fraction of sp³-hybridized carbons (Fsp3) is 0.200. The summed E-state index contributed by atoms with van der Waals surface area (Å²) in [5.74, 6) is -2.55. The Morgan fingerprint density at radius 2 is 1.67 bits per heavy atom. The van der Waals surface area contributed by atoms with E-state index in [4.69, 9.17) is 0 Å². The number of rotatable bonds is 3. The van der Waals surface area contributed by atoms with Crippen LogP contribution in [0.1, 0.15) is 20.7 Å². The van der Waals surface area contributed by atoms with E-state index in [0.717, 1.165) is 26.4 Å². The van der Waals surface area contributed by atoms with E-state index in [1.165, 1.54) is 0 Å². The number of benzene rings is 1. The number of carbonyl (C=O) groups is 2. The lowest BCUT2D eigenvalue weighted by molar-refractivity contribution is -0.385. The van der Waals surface area contributed by atoms with Crippen LogP contribution in [0.15, 0.2) is 12.1 Å². The summed E-state index contributed by atoms with van der Waals surface area (Å²) in [7, 11) is 2.10. The molecule has 1 rings (SSSR count). The van der Waals surface area contributed by atoms with E-state index >= 15 is 0 Å². The van der Waals surface area contributed by atoms with Crippen LogP contribution in [0.2, 0.25) is 0 Å². The molecule has 8 heteroatoms. The first-order valence-corrected chi connectivity index (χ1v) is 4.60. The molecule has 96 valence electrons. The molecule has 1 N–H and O–H groups in total. The molecule has 8 nitrogen and oxygen atoms in total. The number of ether oxygens (including phenoxy) is 2. The standard InChI is InChI=1S/C10H9NO7/c1-17-9(13)5-4-8(12)6(10(14)18-2)3-7(5)11(15)16/h3-4,12H,1-2H3. The first-order valence-electron chi connectivity index (χ1n) is 4.60. The first-order chi connectivity index (χ1) is 8.42. The van der Waals surface area contributed by atoms with Crippen molar-refractivity contribution in [3.63, 3.8) is 0 Å². The number of nitrogens with zero attached hydrogens (tertiary/aromatic N) is 1. The van der Waals surface area contributed by atoms with Crippen molar-refractivity contribution >= 4 is 17.6 Å². The van der Waals surface area contributed by atoms with E-state index in [1.807, 2.05) is 0 Å². The predicted molar refractivity (Wildman–Crippen MR) is 57.4 cm³/mol. The summed E-state index contributed by atoms with van der Waals surface area (Å²) in [5, 5.41) is 20.3. The number of nitro groups is 1. The van der Waals surface area contributed by atoms with Crippen LogP contribution in [0.25, 0.3) is 0 Å². The number of aromatic hydroxyl groups is 1. The molecule has 0 aliphatic carbocycles. The van der Waals surface area contributed by atoms with Gasteiger partial charge in [0.25, 0.3) is 5.69 Å². The van der Waals surface area contributed by atoms with Crippen molar-refractivity contribution in [2.45, 2.75) is 0 Å². The average molecular weight is 255 g/mol. The zero-order chi connectivity index (χ0) is 13.9. The summed E-state index contributed by atoms with van der Waals surface area (Å²) >= 11 is 0. The zero-order valence-electron chi connectivity index (χ0n) is 9.50. The lowest BCUT2D eigenvalue weighted by atomic mass is 10.1. The van der Waals surface area contributed by atoms with Crippen molar-refractivity contribution in [3.8, 4) is 5.75 Å². The van der Waals surface area contributed by atoms with Crippen LogP contribution in [0.4, 0.5) is 5.69 Å². The molecular formula is C10H9NO7. The number of esters is 2. The Labute approximate surface area is 101 Å². The number of hydrogen-bond acceptors (Lipinski definition) is 7. The van der Waals surface area contributed by atoms with Crippen LogP contribution < -0.4 is 0 Å². The van der Waals surface area contributed by atoms with Gasteiger partial charge in [-0.25, -0.2) is 9.59 Å². The van der Waals surface area contributed by atoms with E-state index in [1.54, 1.807) is 0 Å². The van der Waals surface area contributed by atoms with Gasteiger partial charge in [0.05, 0.1) is 19.1 Å². The van der Waals surface area contributed by atoms with Gasteiger partial charge < -0.3 is 14.6 Å². The topological polar surface area (TPSA) is 116 Å². The quantitative estimate of drug-likeness (QED) is 0.484. The van der Waals surface area contributed by atoms with Crippen molar-refractivity contribution in [3.05, 3.63) is 33.4 Å². The maximum atomic E-state index is 11.3. The maximum absolute atomic E-state index is 11.3. The third-order valence-corrected chi connectivity index (χ3v) is 2.12. The number of carbonyl (C=O) groups excluding carboxylic acids is 2. The normalized spacial score (nSPS) is 9.67. The summed E-state index contributed by atoms with van der Waals surface area (Å²) in [6.45, 7) is 0. The lowest BCUT2D eigenvalue weighted by Gasteiger charge is -2.06. The molecule has 0 atom stereocenters. The minimum Gasteiger partial charge on any atom is -0.507 e. The maximum Gasteiger partial charge on any atom is 0.345 e. The number of phenols is 1. The van der Waals surface area contributed by atoms with Gasteiger partial charge in [-0.15, -0.1) is 0 Å². The van der Waals surface area contributed by atoms with Crippen molar-refractivity contribution in [2.24, 2.45) is 0 Å². The molecule has 0 aliphatic heterocycles. The van der Waals surface area contributed by atoms with Crippen LogP contribution in [0.5, 0.6) is 5.75 Å².